The lowest BCUT2D eigenvalue weighted by Gasteiger charge is -2.11. The van der Waals surface area contributed by atoms with Crippen molar-refractivity contribution in [2.75, 3.05) is 6.61 Å². The number of carbonyl (C=O) groups is 1. The van der Waals surface area contributed by atoms with Crippen LogP contribution in [0.5, 0.6) is 0 Å². The highest BCUT2D eigenvalue weighted by Crippen LogP contribution is 2.41. The third kappa shape index (κ3) is 20.3. The number of hydrogen-bond donors (Lipinski definition) is 2. The number of nitrogens with one attached hydrogen (secondary N) is 1. The fourth-order valence-electron chi connectivity index (χ4n) is 3.05. The maximum absolute atomic E-state index is 11.6. The van der Waals surface area contributed by atoms with Crippen molar-refractivity contribution in [3.8, 4) is 0 Å². The molecule has 0 aromatic rings. The summed E-state index contributed by atoms with van der Waals surface area (Å²) in [5, 5.41) is 0. The highest BCUT2D eigenvalue weighted by Gasteiger charge is 2.22. The molecule has 0 spiro atoms. The summed E-state index contributed by atoms with van der Waals surface area (Å²) in [6.07, 6.45) is 20.0. The number of phosphoric ester groups is 1. The van der Waals surface area contributed by atoms with Gasteiger partial charge in [-0.2, -0.15) is 4.62 Å². The second-order valence-corrected chi connectivity index (χ2v) is 9.00. The molecule has 0 aliphatic heterocycles. The number of amides is 1. The topological polar surface area (TPSA) is 84.9 Å². The number of carbonyl (C=O) groups excluding carboxylic acids is 1. The minimum Gasteiger partial charge on any atom is -0.301 e. The maximum Gasteiger partial charge on any atom is 0.493 e. The summed E-state index contributed by atoms with van der Waals surface area (Å²) in [6.45, 7) is 4.19. The Labute approximate surface area is 172 Å². The van der Waals surface area contributed by atoms with Gasteiger partial charge in [0, 0.05) is 6.42 Å². The summed E-state index contributed by atoms with van der Waals surface area (Å²) in [5.41, 5.74) is 2.00. The van der Waals surface area contributed by atoms with E-state index in [1.165, 1.54) is 77.0 Å². The Balaban J connectivity index is 3.30. The number of rotatable bonds is 21. The monoisotopic (exact) mass is 421 g/mol. The van der Waals surface area contributed by atoms with Crippen molar-refractivity contribution in [2.24, 2.45) is 0 Å². The fraction of sp³-hybridized carbons (Fsp3) is 0.952. The smallest absolute Gasteiger partial charge is 0.301 e. The second kappa shape index (κ2) is 19.9. The Morgan fingerprint density at radius 2 is 1.18 bits per heavy atom. The van der Waals surface area contributed by atoms with Gasteiger partial charge in [-0.15, -0.1) is 0 Å². The largest absolute Gasteiger partial charge is 0.493 e. The SMILES string of the molecule is CCCCCCCCCCCCCCCCCC(=O)NOP(=O)(O)OCCC. The van der Waals surface area contributed by atoms with Crippen LogP contribution in [0.15, 0.2) is 0 Å². The van der Waals surface area contributed by atoms with Gasteiger partial charge in [-0.25, -0.2) is 10.0 Å². The Morgan fingerprint density at radius 3 is 1.61 bits per heavy atom. The number of unbranched alkanes of at least 4 members (excludes halogenated alkanes) is 14. The predicted octanol–water partition coefficient (Wildman–Crippen LogP) is 6.82. The molecule has 0 radical (unpaired) electrons. The molecular weight excluding hydrogens is 377 g/mol. The van der Waals surface area contributed by atoms with Gasteiger partial charge in [-0.1, -0.05) is 104 Å². The normalized spacial score (nSPS) is 13.4. The third-order valence-electron chi connectivity index (χ3n) is 4.74. The minimum absolute atomic E-state index is 0.114. The van der Waals surface area contributed by atoms with Gasteiger partial charge in [0.25, 0.3) is 0 Å². The Bertz CT molecular complexity index is 406. The molecule has 0 heterocycles. The molecule has 28 heavy (non-hydrogen) atoms. The first-order valence-electron chi connectivity index (χ1n) is 11.5. The summed E-state index contributed by atoms with van der Waals surface area (Å²) >= 11 is 0. The molecule has 1 amide bonds. The van der Waals surface area contributed by atoms with E-state index in [9.17, 15) is 14.3 Å². The summed E-state index contributed by atoms with van der Waals surface area (Å²) in [6, 6.07) is 0. The molecule has 0 aromatic carbocycles. The second-order valence-electron chi connectivity index (χ2n) is 7.62. The molecule has 0 aliphatic carbocycles. The van der Waals surface area contributed by atoms with Crippen LogP contribution in [0.4, 0.5) is 0 Å². The highest BCUT2D eigenvalue weighted by molar-refractivity contribution is 7.47. The van der Waals surface area contributed by atoms with Crippen molar-refractivity contribution < 1.29 is 23.4 Å². The Hall–Kier alpha value is -0.420. The summed E-state index contributed by atoms with van der Waals surface area (Å²) < 4.78 is 20.5. The minimum atomic E-state index is -4.17. The highest BCUT2D eigenvalue weighted by atomic mass is 31.2. The molecule has 0 saturated carbocycles. The van der Waals surface area contributed by atoms with Crippen LogP contribution in [0.3, 0.4) is 0 Å². The molecule has 0 saturated heterocycles. The first-order valence-corrected chi connectivity index (χ1v) is 13.0. The van der Waals surface area contributed by atoms with Gasteiger partial charge in [0.2, 0.25) is 5.91 Å². The zero-order valence-electron chi connectivity index (χ0n) is 18.3. The van der Waals surface area contributed by atoms with Crippen LogP contribution in [-0.2, 0) is 18.5 Å². The summed E-state index contributed by atoms with van der Waals surface area (Å²) in [7, 11) is -4.17. The molecule has 2 N–H and O–H groups in total. The van der Waals surface area contributed by atoms with Gasteiger partial charge in [0.15, 0.2) is 0 Å². The van der Waals surface area contributed by atoms with Gasteiger partial charge in [-0.3, -0.25) is 9.32 Å². The molecular formula is C21H44NO5P. The van der Waals surface area contributed by atoms with Gasteiger partial charge < -0.3 is 4.89 Å². The summed E-state index contributed by atoms with van der Waals surface area (Å²) in [4.78, 5) is 20.9. The van der Waals surface area contributed by atoms with E-state index in [4.69, 9.17) is 0 Å². The third-order valence-corrected chi connectivity index (χ3v) is 5.57. The molecule has 1 unspecified atom stereocenters. The van der Waals surface area contributed by atoms with Gasteiger partial charge in [0.05, 0.1) is 6.61 Å². The van der Waals surface area contributed by atoms with E-state index in [1.54, 1.807) is 0 Å². The van der Waals surface area contributed by atoms with E-state index >= 15 is 0 Å². The molecule has 1 atom stereocenters. The number of hydroxylamine groups is 1. The van der Waals surface area contributed by atoms with Crippen LogP contribution >= 0.6 is 7.82 Å². The van der Waals surface area contributed by atoms with E-state index in [1.807, 2.05) is 12.4 Å². The molecule has 0 aliphatic rings. The lowest BCUT2D eigenvalue weighted by atomic mass is 10.0. The molecule has 7 heteroatoms. The van der Waals surface area contributed by atoms with Crippen LogP contribution in [0.2, 0.25) is 0 Å². The van der Waals surface area contributed by atoms with Crippen molar-refractivity contribution in [3.05, 3.63) is 0 Å². The van der Waals surface area contributed by atoms with Crippen LogP contribution in [-0.4, -0.2) is 17.4 Å². The zero-order valence-corrected chi connectivity index (χ0v) is 19.1. The first-order chi connectivity index (χ1) is 13.5. The summed E-state index contributed by atoms with van der Waals surface area (Å²) in [5.74, 6) is -0.385. The molecule has 0 bridgehead atoms. The van der Waals surface area contributed by atoms with E-state index < -0.39 is 7.82 Å². The van der Waals surface area contributed by atoms with Crippen LogP contribution in [0.25, 0.3) is 0 Å². The van der Waals surface area contributed by atoms with E-state index in [2.05, 4.69) is 16.1 Å². The van der Waals surface area contributed by atoms with Crippen molar-refractivity contribution in [2.45, 2.75) is 123 Å². The van der Waals surface area contributed by atoms with Crippen molar-refractivity contribution in [1.29, 1.82) is 0 Å². The standard InChI is InChI=1S/C21H44NO5P/c1-3-5-6-7-8-9-10-11-12-13-14-15-16-17-18-19-21(23)22-27-28(24,25)26-20-4-2/h3-20H2,1-2H3,(H,22,23)(H,24,25). The molecule has 0 aromatic heterocycles. The zero-order chi connectivity index (χ0) is 20.9. The molecule has 6 nitrogen and oxygen atoms in total. The van der Waals surface area contributed by atoms with Crippen molar-refractivity contribution in [1.82, 2.24) is 5.48 Å². The quantitative estimate of drug-likeness (QED) is 0.121. The maximum atomic E-state index is 11.6. The van der Waals surface area contributed by atoms with Gasteiger partial charge in [-0.05, 0) is 12.8 Å². The van der Waals surface area contributed by atoms with Crippen molar-refractivity contribution in [3.63, 3.8) is 0 Å². The Morgan fingerprint density at radius 1 is 0.750 bits per heavy atom. The van der Waals surface area contributed by atoms with Crippen LogP contribution in [0.1, 0.15) is 123 Å². The lowest BCUT2D eigenvalue weighted by molar-refractivity contribution is -0.128. The van der Waals surface area contributed by atoms with Gasteiger partial charge >= 0.3 is 7.82 Å². The lowest BCUT2D eigenvalue weighted by Crippen LogP contribution is -2.22. The van der Waals surface area contributed by atoms with Crippen LogP contribution < -0.4 is 5.48 Å². The first kappa shape index (κ1) is 27.6. The average molecular weight is 422 g/mol. The number of phosphoric acid groups is 1. The number of hydrogen-bond acceptors (Lipinski definition) is 4. The van der Waals surface area contributed by atoms with E-state index in [0.29, 0.717) is 12.8 Å². The predicted molar refractivity (Wildman–Crippen MR) is 115 cm³/mol. The van der Waals surface area contributed by atoms with Crippen LogP contribution in [0, 0.1) is 0 Å². The molecule has 0 fully saturated rings. The molecule has 168 valence electrons. The fourth-order valence-corrected chi connectivity index (χ4v) is 3.73. The van der Waals surface area contributed by atoms with E-state index in [-0.39, 0.29) is 12.5 Å². The Kier molecular flexibility index (Phi) is 19.6. The average Bonchev–Trinajstić information content (AvgIpc) is 2.68. The van der Waals surface area contributed by atoms with E-state index in [0.717, 1.165) is 19.3 Å². The van der Waals surface area contributed by atoms with Gasteiger partial charge in [0.1, 0.15) is 0 Å². The van der Waals surface area contributed by atoms with Crippen molar-refractivity contribution >= 4 is 13.7 Å². The molecule has 0 rings (SSSR count).